The van der Waals surface area contributed by atoms with Crippen molar-refractivity contribution in [2.75, 3.05) is 7.11 Å². The minimum Gasteiger partial charge on any atom is -0.469 e. The molecule has 0 unspecified atom stereocenters. The molecule has 0 amide bonds. The van der Waals surface area contributed by atoms with Crippen LogP contribution in [0.1, 0.15) is 17.7 Å². The number of carbonyl (C=O) groups is 1. The van der Waals surface area contributed by atoms with E-state index in [9.17, 15) is 4.79 Å². The lowest BCUT2D eigenvalue weighted by atomic mass is 9.86. The molecular formula is C18H17NO2. The van der Waals surface area contributed by atoms with Crippen molar-refractivity contribution >= 4 is 27.6 Å². The van der Waals surface area contributed by atoms with E-state index >= 15 is 0 Å². The maximum atomic E-state index is 11.8. The van der Waals surface area contributed by atoms with Crippen molar-refractivity contribution in [2.45, 2.75) is 19.3 Å². The molecule has 0 spiro atoms. The number of H-pyrrole nitrogens is 1. The van der Waals surface area contributed by atoms with Crippen LogP contribution in [0.3, 0.4) is 0 Å². The predicted octanol–water partition coefficient (Wildman–Crippen LogP) is 3.60. The molecule has 3 aromatic rings. The number of aromatic nitrogens is 1. The van der Waals surface area contributed by atoms with E-state index in [2.05, 4.69) is 41.4 Å². The van der Waals surface area contributed by atoms with E-state index < -0.39 is 0 Å². The lowest BCUT2D eigenvalue weighted by molar-refractivity contribution is -0.145. The summed E-state index contributed by atoms with van der Waals surface area (Å²) in [5.74, 6) is -0.0937. The third-order valence-corrected chi connectivity index (χ3v) is 4.59. The quantitative estimate of drug-likeness (QED) is 0.692. The second kappa shape index (κ2) is 4.62. The molecule has 1 heterocycles. The van der Waals surface area contributed by atoms with Crippen LogP contribution in [0.4, 0.5) is 0 Å². The molecule has 2 aromatic carbocycles. The Morgan fingerprint density at radius 1 is 1.24 bits per heavy atom. The summed E-state index contributed by atoms with van der Waals surface area (Å²) >= 11 is 0. The minimum atomic E-state index is -0.0872. The van der Waals surface area contributed by atoms with E-state index in [0.29, 0.717) is 0 Å². The number of carbonyl (C=O) groups excluding carboxylic acids is 1. The summed E-state index contributed by atoms with van der Waals surface area (Å²) < 4.78 is 4.91. The lowest BCUT2D eigenvalue weighted by Gasteiger charge is -2.20. The summed E-state index contributed by atoms with van der Waals surface area (Å²) in [5, 5.41) is 3.73. The molecule has 106 valence electrons. The average Bonchev–Trinajstić information content (AvgIpc) is 2.88. The summed E-state index contributed by atoms with van der Waals surface area (Å²) in [5.41, 5.74) is 3.74. The van der Waals surface area contributed by atoms with Gasteiger partial charge in [-0.25, -0.2) is 0 Å². The van der Waals surface area contributed by atoms with Gasteiger partial charge in [0.25, 0.3) is 0 Å². The van der Waals surface area contributed by atoms with Gasteiger partial charge in [-0.3, -0.25) is 4.79 Å². The predicted molar refractivity (Wildman–Crippen MR) is 83.3 cm³/mol. The van der Waals surface area contributed by atoms with E-state index in [1.807, 2.05) is 0 Å². The maximum Gasteiger partial charge on any atom is 0.309 e. The highest BCUT2D eigenvalue weighted by molar-refractivity contribution is 5.99. The van der Waals surface area contributed by atoms with Crippen molar-refractivity contribution < 1.29 is 9.53 Å². The largest absolute Gasteiger partial charge is 0.469 e. The smallest absolute Gasteiger partial charge is 0.309 e. The highest BCUT2D eigenvalue weighted by Crippen LogP contribution is 2.34. The van der Waals surface area contributed by atoms with Gasteiger partial charge in [-0.05, 0) is 47.7 Å². The third kappa shape index (κ3) is 1.92. The van der Waals surface area contributed by atoms with Crippen LogP contribution in [0.5, 0.6) is 0 Å². The maximum absolute atomic E-state index is 11.8. The van der Waals surface area contributed by atoms with Crippen molar-refractivity contribution in [1.29, 1.82) is 0 Å². The summed E-state index contributed by atoms with van der Waals surface area (Å²) in [7, 11) is 1.47. The summed E-state index contributed by atoms with van der Waals surface area (Å²) in [6, 6.07) is 12.8. The number of hydrogen-bond donors (Lipinski definition) is 1. The molecule has 1 atom stereocenters. The summed E-state index contributed by atoms with van der Waals surface area (Å²) in [4.78, 5) is 15.3. The molecule has 1 aromatic heterocycles. The van der Waals surface area contributed by atoms with Crippen LogP contribution < -0.4 is 0 Å². The third-order valence-electron chi connectivity index (χ3n) is 4.59. The van der Waals surface area contributed by atoms with Crippen LogP contribution in [0, 0.1) is 5.92 Å². The van der Waals surface area contributed by atoms with Gasteiger partial charge in [-0.2, -0.15) is 0 Å². The first-order valence-electron chi connectivity index (χ1n) is 7.36. The number of aryl methyl sites for hydroxylation is 1. The molecule has 1 aliphatic rings. The first kappa shape index (κ1) is 12.5. The van der Waals surface area contributed by atoms with E-state index in [1.165, 1.54) is 40.0 Å². The molecule has 0 aliphatic heterocycles. The van der Waals surface area contributed by atoms with Gasteiger partial charge in [0.15, 0.2) is 0 Å². The lowest BCUT2D eigenvalue weighted by Crippen LogP contribution is -2.23. The van der Waals surface area contributed by atoms with Gasteiger partial charge < -0.3 is 9.72 Å². The van der Waals surface area contributed by atoms with Gasteiger partial charge >= 0.3 is 5.97 Å². The topological polar surface area (TPSA) is 42.1 Å². The van der Waals surface area contributed by atoms with Gasteiger partial charge in [0.05, 0.1) is 13.0 Å². The molecule has 3 heteroatoms. The molecular weight excluding hydrogens is 262 g/mol. The number of aromatic amines is 1. The zero-order valence-corrected chi connectivity index (χ0v) is 12.0. The number of nitrogens with one attached hydrogen (secondary N) is 1. The standard InChI is InChI=1S/C18H17NO2/c1-21-18(20)13-6-7-16-14(9-13)15-8-11-4-2-3-5-12(11)10-17(15)19-16/h2-5,8,10,13,19H,6-7,9H2,1H3/t13-/m0/s1. The van der Waals surface area contributed by atoms with Gasteiger partial charge in [-0.1, -0.05) is 24.3 Å². The van der Waals surface area contributed by atoms with Crippen LogP contribution in [0.25, 0.3) is 21.7 Å². The Hall–Kier alpha value is -2.29. The molecule has 4 rings (SSSR count). The Balaban J connectivity index is 1.87. The second-order valence-corrected chi connectivity index (χ2v) is 5.79. The van der Waals surface area contributed by atoms with E-state index in [1.54, 1.807) is 0 Å². The molecule has 3 nitrogen and oxygen atoms in total. The monoisotopic (exact) mass is 279 g/mol. The number of rotatable bonds is 1. The van der Waals surface area contributed by atoms with Crippen molar-refractivity contribution in [3.8, 4) is 0 Å². The Labute approximate surface area is 122 Å². The van der Waals surface area contributed by atoms with Crippen LogP contribution in [-0.2, 0) is 22.4 Å². The van der Waals surface area contributed by atoms with E-state index in [4.69, 9.17) is 4.74 Å². The molecule has 0 fully saturated rings. The van der Waals surface area contributed by atoms with Crippen molar-refractivity contribution in [3.05, 3.63) is 47.7 Å². The first-order valence-corrected chi connectivity index (χ1v) is 7.36. The van der Waals surface area contributed by atoms with Crippen molar-refractivity contribution in [2.24, 2.45) is 5.92 Å². The zero-order valence-electron chi connectivity index (χ0n) is 12.0. The highest BCUT2D eigenvalue weighted by atomic mass is 16.5. The molecule has 21 heavy (non-hydrogen) atoms. The molecule has 0 radical (unpaired) electrons. The number of ether oxygens (including phenoxy) is 1. The van der Waals surface area contributed by atoms with E-state index in [-0.39, 0.29) is 11.9 Å². The Morgan fingerprint density at radius 2 is 2.00 bits per heavy atom. The number of hydrogen-bond acceptors (Lipinski definition) is 2. The number of fused-ring (bicyclic) bond motifs is 4. The normalized spacial score (nSPS) is 17.9. The number of benzene rings is 2. The van der Waals surface area contributed by atoms with Gasteiger partial charge in [0, 0.05) is 16.6 Å². The molecule has 0 saturated heterocycles. The van der Waals surface area contributed by atoms with Crippen LogP contribution in [0.2, 0.25) is 0 Å². The SMILES string of the molecule is COC(=O)[C@H]1CCc2[nH]c3cc4ccccc4cc3c2C1. The summed E-state index contributed by atoms with van der Waals surface area (Å²) in [6.07, 6.45) is 2.56. The average molecular weight is 279 g/mol. The Kier molecular flexibility index (Phi) is 2.74. The second-order valence-electron chi connectivity index (χ2n) is 5.79. The molecule has 1 aliphatic carbocycles. The highest BCUT2D eigenvalue weighted by Gasteiger charge is 2.27. The van der Waals surface area contributed by atoms with Gasteiger partial charge in [0.1, 0.15) is 0 Å². The fourth-order valence-electron chi connectivity index (χ4n) is 3.48. The number of methoxy groups -OCH3 is 1. The number of esters is 1. The van der Waals surface area contributed by atoms with Crippen LogP contribution in [0.15, 0.2) is 36.4 Å². The molecule has 0 bridgehead atoms. The Morgan fingerprint density at radius 3 is 2.76 bits per heavy atom. The van der Waals surface area contributed by atoms with Crippen LogP contribution in [-0.4, -0.2) is 18.1 Å². The zero-order chi connectivity index (χ0) is 14.4. The summed E-state index contributed by atoms with van der Waals surface area (Å²) in [6.45, 7) is 0. The van der Waals surface area contributed by atoms with Gasteiger partial charge in [0.2, 0.25) is 0 Å². The van der Waals surface area contributed by atoms with E-state index in [0.717, 1.165) is 19.3 Å². The van der Waals surface area contributed by atoms with Crippen molar-refractivity contribution in [3.63, 3.8) is 0 Å². The molecule has 1 N–H and O–H groups in total. The van der Waals surface area contributed by atoms with Gasteiger partial charge in [-0.15, -0.1) is 0 Å². The van der Waals surface area contributed by atoms with Crippen molar-refractivity contribution in [1.82, 2.24) is 4.98 Å². The fourth-order valence-corrected chi connectivity index (χ4v) is 3.48. The molecule has 0 saturated carbocycles. The Bertz CT molecular complexity index is 847. The van der Waals surface area contributed by atoms with Crippen LogP contribution >= 0.6 is 0 Å². The first-order chi connectivity index (χ1) is 10.3. The minimum absolute atomic E-state index is 0.00651. The fraction of sp³-hybridized carbons (Fsp3) is 0.278.